The second kappa shape index (κ2) is 7.72. The van der Waals surface area contributed by atoms with Crippen LogP contribution in [0.5, 0.6) is 0 Å². The van der Waals surface area contributed by atoms with E-state index in [2.05, 4.69) is 32.7 Å². The molecule has 1 heterocycles. The molecule has 3 N–H and O–H groups in total. The average Bonchev–Trinajstić information content (AvgIpc) is 3.47. The van der Waals surface area contributed by atoms with Gasteiger partial charge in [0.1, 0.15) is 5.82 Å². The third-order valence-electron chi connectivity index (χ3n) is 5.58. The van der Waals surface area contributed by atoms with Crippen LogP contribution in [0.1, 0.15) is 24.8 Å². The number of rotatable bonds is 5. The molecule has 0 aliphatic heterocycles. The standard InChI is InChI=1S/C25H22N4O2/c1-15(30)26-18-9-7-17(8-10-18)24-28-22-12-11-19(13-23(22)29-24)27-25(31)21-14-20(21)16-5-3-2-4-6-16/h2-13,20-21H,14H2,1H3,(H,26,30)(H,27,31)(H,28,29). The van der Waals surface area contributed by atoms with Crippen LogP contribution in [-0.2, 0) is 9.59 Å². The molecule has 1 aliphatic rings. The van der Waals surface area contributed by atoms with Gasteiger partial charge < -0.3 is 15.6 Å². The molecule has 5 rings (SSSR count). The third-order valence-corrected chi connectivity index (χ3v) is 5.58. The number of carbonyl (C=O) groups excluding carboxylic acids is 2. The molecule has 0 bridgehead atoms. The highest BCUT2D eigenvalue weighted by Crippen LogP contribution is 2.47. The highest BCUT2D eigenvalue weighted by atomic mass is 16.2. The first-order chi connectivity index (χ1) is 15.1. The molecule has 31 heavy (non-hydrogen) atoms. The number of H-pyrrole nitrogens is 1. The van der Waals surface area contributed by atoms with Crippen LogP contribution in [0.4, 0.5) is 11.4 Å². The Morgan fingerprint density at radius 1 is 0.935 bits per heavy atom. The van der Waals surface area contributed by atoms with Crippen molar-refractivity contribution in [1.82, 2.24) is 9.97 Å². The SMILES string of the molecule is CC(=O)Nc1ccc(-c2nc3ccc(NC(=O)C4CC4c4ccccc4)cc3[nH]2)cc1. The van der Waals surface area contributed by atoms with E-state index >= 15 is 0 Å². The lowest BCUT2D eigenvalue weighted by Gasteiger charge is -2.05. The minimum Gasteiger partial charge on any atom is -0.338 e. The summed E-state index contributed by atoms with van der Waals surface area (Å²) >= 11 is 0. The number of amides is 2. The Hall–Kier alpha value is -3.93. The van der Waals surface area contributed by atoms with Gasteiger partial charge in [0.25, 0.3) is 0 Å². The van der Waals surface area contributed by atoms with Crippen molar-refractivity contribution in [2.75, 3.05) is 10.6 Å². The Kier molecular flexibility index (Phi) is 4.75. The second-order valence-corrected chi connectivity index (χ2v) is 7.92. The number of hydrogen-bond acceptors (Lipinski definition) is 3. The summed E-state index contributed by atoms with van der Waals surface area (Å²) in [6.07, 6.45) is 0.890. The maximum Gasteiger partial charge on any atom is 0.228 e. The minimum absolute atomic E-state index is 0.0255. The van der Waals surface area contributed by atoms with Crippen LogP contribution in [-0.4, -0.2) is 21.8 Å². The van der Waals surface area contributed by atoms with Crippen molar-refractivity contribution in [3.05, 3.63) is 78.4 Å². The fourth-order valence-corrected chi connectivity index (χ4v) is 3.93. The van der Waals surface area contributed by atoms with E-state index in [9.17, 15) is 9.59 Å². The Morgan fingerprint density at radius 3 is 2.42 bits per heavy atom. The Bertz CT molecular complexity index is 1260. The predicted molar refractivity (Wildman–Crippen MR) is 122 cm³/mol. The average molecular weight is 410 g/mol. The van der Waals surface area contributed by atoms with E-state index in [0.717, 1.165) is 40.2 Å². The molecule has 154 valence electrons. The number of nitrogens with one attached hydrogen (secondary N) is 3. The van der Waals surface area contributed by atoms with Crippen LogP contribution in [0.3, 0.4) is 0 Å². The number of anilines is 2. The molecule has 3 aromatic carbocycles. The molecule has 2 atom stereocenters. The molecule has 6 heteroatoms. The highest BCUT2D eigenvalue weighted by molar-refractivity contribution is 5.97. The van der Waals surface area contributed by atoms with Gasteiger partial charge in [0, 0.05) is 29.8 Å². The topological polar surface area (TPSA) is 86.9 Å². The quantitative estimate of drug-likeness (QED) is 0.436. The maximum atomic E-state index is 12.7. The molecule has 2 amide bonds. The monoisotopic (exact) mass is 410 g/mol. The largest absolute Gasteiger partial charge is 0.338 e. The van der Waals surface area contributed by atoms with Crippen molar-refractivity contribution in [3.8, 4) is 11.4 Å². The van der Waals surface area contributed by atoms with Crippen molar-refractivity contribution < 1.29 is 9.59 Å². The van der Waals surface area contributed by atoms with E-state index < -0.39 is 0 Å². The van der Waals surface area contributed by atoms with Crippen molar-refractivity contribution in [2.24, 2.45) is 5.92 Å². The Labute approximate surface area is 179 Å². The third kappa shape index (κ3) is 4.05. The van der Waals surface area contributed by atoms with Crippen molar-refractivity contribution in [3.63, 3.8) is 0 Å². The number of nitrogens with zero attached hydrogens (tertiary/aromatic N) is 1. The maximum absolute atomic E-state index is 12.7. The van der Waals surface area contributed by atoms with Crippen LogP contribution < -0.4 is 10.6 Å². The zero-order chi connectivity index (χ0) is 21.4. The molecule has 6 nitrogen and oxygen atoms in total. The lowest BCUT2D eigenvalue weighted by atomic mass is 10.1. The van der Waals surface area contributed by atoms with Crippen LogP contribution in [0.25, 0.3) is 22.4 Å². The van der Waals surface area contributed by atoms with Gasteiger partial charge in [0.2, 0.25) is 11.8 Å². The molecule has 0 saturated heterocycles. The van der Waals surface area contributed by atoms with Gasteiger partial charge in [-0.25, -0.2) is 4.98 Å². The number of fused-ring (bicyclic) bond motifs is 1. The summed E-state index contributed by atoms with van der Waals surface area (Å²) < 4.78 is 0. The van der Waals surface area contributed by atoms with E-state index in [-0.39, 0.29) is 17.7 Å². The summed E-state index contributed by atoms with van der Waals surface area (Å²) in [5.74, 6) is 1.02. The molecule has 4 aromatic rings. The Balaban J connectivity index is 1.30. The smallest absolute Gasteiger partial charge is 0.228 e. The summed E-state index contributed by atoms with van der Waals surface area (Å²) in [6.45, 7) is 1.48. The molecule has 1 saturated carbocycles. The second-order valence-electron chi connectivity index (χ2n) is 7.92. The van der Waals surface area contributed by atoms with Crippen molar-refractivity contribution in [2.45, 2.75) is 19.3 Å². The number of aromatic amines is 1. The lowest BCUT2D eigenvalue weighted by molar-refractivity contribution is -0.117. The minimum atomic E-state index is -0.104. The number of aromatic nitrogens is 2. The van der Waals surface area contributed by atoms with Gasteiger partial charge in [-0.1, -0.05) is 30.3 Å². The first-order valence-corrected chi connectivity index (χ1v) is 10.3. The summed E-state index contributed by atoms with van der Waals surface area (Å²) in [4.78, 5) is 31.8. The van der Waals surface area contributed by atoms with Gasteiger partial charge in [-0.3, -0.25) is 9.59 Å². The molecule has 0 radical (unpaired) electrons. The summed E-state index contributed by atoms with van der Waals surface area (Å²) in [7, 11) is 0. The van der Waals surface area contributed by atoms with Crippen LogP contribution >= 0.6 is 0 Å². The van der Waals surface area contributed by atoms with Crippen LogP contribution in [0.2, 0.25) is 0 Å². The van der Waals surface area contributed by atoms with Crippen molar-refractivity contribution in [1.29, 1.82) is 0 Å². The molecule has 1 aromatic heterocycles. The van der Waals surface area contributed by atoms with Gasteiger partial charge >= 0.3 is 0 Å². The van der Waals surface area contributed by atoms with E-state index in [1.807, 2.05) is 60.7 Å². The highest BCUT2D eigenvalue weighted by Gasteiger charge is 2.43. The first kappa shape index (κ1) is 19.1. The molecular weight excluding hydrogens is 388 g/mol. The molecule has 2 unspecified atom stereocenters. The fourth-order valence-electron chi connectivity index (χ4n) is 3.93. The number of benzene rings is 3. The fraction of sp³-hybridized carbons (Fsp3) is 0.160. The van der Waals surface area contributed by atoms with E-state index in [1.54, 1.807) is 0 Å². The van der Waals surface area contributed by atoms with E-state index in [4.69, 9.17) is 0 Å². The Morgan fingerprint density at radius 2 is 1.68 bits per heavy atom. The van der Waals surface area contributed by atoms with Crippen LogP contribution in [0, 0.1) is 5.92 Å². The number of imidazole rings is 1. The summed E-state index contributed by atoms with van der Waals surface area (Å²) in [6, 6.07) is 23.4. The zero-order valence-corrected chi connectivity index (χ0v) is 17.1. The van der Waals surface area contributed by atoms with Gasteiger partial charge in [-0.2, -0.15) is 0 Å². The van der Waals surface area contributed by atoms with E-state index in [1.165, 1.54) is 12.5 Å². The molecule has 1 aliphatic carbocycles. The first-order valence-electron chi connectivity index (χ1n) is 10.3. The molecule has 1 fully saturated rings. The molecule has 0 spiro atoms. The van der Waals surface area contributed by atoms with Gasteiger partial charge in [-0.15, -0.1) is 0 Å². The predicted octanol–water partition coefficient (Wildman–Crippen LogP) is 4.93. The van der Waals surface area contributed by atoms with Crippen LogP contribution in [0.15, 0.2) is 72.8 Å². The lowest BCUT2D eigenvalue weighted by Crippen LogP contribution is -2.14. The van der Waals surface area contributed by atoms with Gasteiger partial charge in [0.15, 0.2) is 0 Å². The summed E-state index contributed by atoms with van der Waals surface area (Å²) in [5, 5.41) is 5.80. The van der Waals surface area contributed by atoms with Crippen molar-refractivity contribution >= 4 is 34.2 Å². The molecular formula is C25H22N4O2. The van der Waals surface area contributed by atoms with E-state index in [0.29, 0.717) is 5.92 Å². The van der Waals surface area contributed by atoms with Gasteiger partial charge in [-0.05, 0) is 60.4 Å². The summed E-state index contributed by atoms with van der Waals surface area (Å²) in [5.41, 5.74) is 5.32. The number of carbonyl (C=O) groups is 2. The zero-order valence-electron chi connectivity index (χ0n) is 17.1. The normalized spacial score (nSPS) is 17.3. The van der Waals surface area contributed by atoms with Gasteiger partial charge in [0.05, 0.1) is 11.0 Å². The number of hydrogen-bond donors (Lipinski definition) is 3.